The average molecular weight is 481 g/mol. The number of urea groups is 1. The SMILES string of the molecule is Cc1cc(C(=O)[N+]2(C(=O)Nc3ccccc3-c3cccnc3)CCC[C@H]2C)nn1Cc1ccccc1. The van der Waals surface area contributed by atoms with Crippen molar-refractivity contribution < 1.29 is 14.1 Å². The van der Waals surface area contributed by atoms with Crippen LogP contribution in [0.15, 0.2) is 85.2 Å². The summed E-state index contributed by atoms with van der Waals surface area (Å²) in [5, 5.41) is 7.73. The number of rotatable bonds is 5. The second-order valence-electron chi connectivity index (χ2n) is 9.42. The van der Waals surface area contributed by atoms with Crippen LogP contribution in [0.25, 0.3) is 11.1 Å². The molecular formula is C29H30N5O2+. The molecule has 3 amide bonds. The van der Waals surface area contributed by atoms with Crippen LogP contribution in [0.4, 0.5) is 10.5 Å². The Labute approximate surface area is 211 Å². The van der Waals surface area contributed by atoms with E-state index in [4.69, 9.17) is 0 Å². The summed E-state index contributed by atoms with van der Waals surface area (Å²) in [7, 11) is 0. The maximum absolute atomic E-state index is 14.0. The fourth-order valence-electron chi connectivity index (χ4n) is 5.09. The van der Waals surface area contributed by atoms with Gasteiger partial charge in [-0.2, -0.15) is 9.58 Å². The highest BCUT2D eigenvalue weighted by atomic mass is 16.2. The quantitative estimate of drug-likeness (QED) is 0.373. The van der Waals surface area contributed by atoms with Gasteiger partial charge in [-0.15, -0.1) is 0 Å². The number of aromatic nitrogens is 3. The lowest BCUT2D eigenvalue weighted by Gasteiger charge is -2.32. The van der Waals surface area contributed by atoms with Crippen LogP contribution in [0.1, 0.15) is 41.5 Å². The van der Waals surface area contributed by atoms with E-state index in [9.17, 15) is 9.59 Å². The third-order valence-corrected chi connectivity index (χ3v) is 7.13. The summed E-state index contributed by atoms with van der Waals surface area (Å²) in [5.74, 6) is -0.258. The van der Waals surface area contributed by atoms with E-state index in [0.29, 0.717) is 24.5 Å². The van der Waals surface area contributed by atoms with E-state index in [-0.39, 0.29) is 22.5 Å². The maximum Gasteiger partial charge on any atom is 0.429 e. The van der Waals surface area contributed by atoms with Crippen LogP contribution >= 0.6 is 0 Å². The summed E-state index contributed by atoms with van der Waals surface area (Å²) < 4.78 is 1.54. The summed E-state index contributed by atoms with van der Waals surface area (Å²) in [6.07, 6.45) is 5.08. The van der Waals surface area contributed by atoms with E-state index >= 15 is 0 Å². The predicted molar refractivity (Wildman–Crippen MR) is 139 cm³/mol. The number of hydrogen-bond acceptors (Lipinski definition) is 4. The molecule has 0 aliphatic carbocycles. The van der Waals surface area contributed by atoms with Gasteiger partial charge in [0.05, 0.1) is 18.8 Å². The first kappa shape index (κ1) is 23.6. The standard InChI is InChI=1S/C29H29N5O2/c1-21-18-27(32-33(21)20-23-11-4-3-5-12-23)28(35)34(17-9-10-22(34)2)29(36)31-26-15-7-6-14-25(26)24-13-8-16-30-19-24/h3-8,11-16,18-19,22H,9-10,17,20H2,1-2H3/p+1/t22-,34?/m1/s1. The Morgan fingerprint density at radius 2 is 1.83 bits per heavy atom. The number of para-hydroxylation sites is 1. The summed E-state index contributed by atoms with van der Waals surface area (Å²) in [4.78, 5) is 32.1. The van der Waals surface area contributed by atoms with Gasteiger partial charge < -0.3 is 0 Å². The molecule has 2 atom stereocenters. The van der Waals surface area contributed by atoms with Crippen molar-refractivity contribution in [3.05, 3.63) is 102 Å². The Morgan fingerprint density at radius 1 is 1.06 bits per heavy atom. The van der Waals surface area contributed by atoms with Crippen molar-refractivity contribution in [2.75, 3.05) is 11.9 Å². The van der Waals surface area contributed by atoms with Gasteiger partial charge in [0.25, 0.3) is 0 Å². The van der Waals surface area contributed by atoms with Gasteiger partial charge in [0.15, 0.2) is 5.69 Å². The van der Waals surface area contributed by atoms with Crippen LogP contribution in [-0.4, -0.2) is 43.8 Å². The highest BCUT2D eigenvalue weighted by Gasteiger charge is 2.54. The molecule has 0 saturated carbocycles. The van der Waals surface area contributed by atoms with Crippen LogP contribution in [0.3, 0.4) is 0 Å². The van der Waals surface area contributed by atoms with E-state index in [0.717, 1.165) is 35.2 Å². The van der Waals surface area contributed by atoms with Gasteiger partial charge in [-0.05, 0) is 37.6 Å². The van der Waals surface area contributed by atoms with Gasteiger partial charge in [0.1, 0.15) is 6.04 Å². The number of imide groups is 1. The van der Waals surface area contributed by atoms with E-state index in [2.05, 4.69) is 15.4 Å². The van der Waals surface area contributed by atoms with Gasteiger partial charge >= 0.3 is 11.9 Å². The van der Waals surface area contributed by atoms with Crippen LogP contribution < -0.4 is 5.32 Å². The molecule has 0 radical (unpaired) electrons. The van der Waals surface area contributed by atoms with Gasteiger partial charge in [-0.1, -0.05) is 54.6 Å². The average Bonchev–Trinajstić information content (AvgIpc) is 3.48. The lowest BCUT2D eigenvalue weighted by Crippen LogP contribution is -2.60. The predicted octanol–water partition coefficient (Wildman–Crippen LogP) is 5.67. The van der Waals surface area contributed by atoms with Crippen molar-refractivity contribution in [1.82, 2.24) is 14.8 Å². The molecule has 1 aliphatic rings. The molecule has 5 rings (SSSR count). The lowest BCUT2D eigenvalue weighted by atomic mass is 10.1. The van der Waals surface area contributed by atoms with Crippen LogP contribution in [0, 0.1) is 6.92 Å². The molecule has 4 aromatic rings. The van der Waals surface area contributed by atoms with Crippen molar-refractivity contribution in [3.8, 4) is 11.1 Å². The number of pyridine rings is 1. The molecule has 0 spiro atoms. The number of likely N-dealkylation sites (tertiary alicyclic amines) is 1. The lowest BCUT2D eigenvalue weighted by molar-refractivity contribution is -0.775. The Balaban J connectivity index is 1.46. The molecule has 1 unspecified atom stereocenters. The molecule has 1 aliphatic heterocycles. The summed E-state index contributed by atoms with van der Waals surface area (Å²) in [6, 6.07) is 22.8. The molecule has 7 heteroatoms. The zero-order chi connectivity index (χ0) is 25.1. The minimum atomic E-state index is -0.323. The third kappa shape index (κ3) is 4.33. The number of hydrogen-bond donors (Lipinski definition) is 1. The van der Waals surface area contributed by atoms with Crippen molar-refractivity contribution in [2.45, 2.75) is 39.3 Å². The Hall–Kier alpha value is -4.10. The van der Waals surface area contributed by atoms with E-state index < -0.39 is 0 Å². The Bertz CT molecular complexity index is 1380. The molecule has 2 aromatic carbocycles. The minimum Gasteiger partial charge on any atom is -0.274 e. The first-order valence-electron chi connectivity index (χ1n) is 12.3. The number of carbonyl (C=O) groups is 2. The number of aryl methyl sites for hydroxylation is 1. The van der Waals surface area contributed by atoms with Gasteiger partial charge in [-0.25, -0.2) is 9.59 Å². The van der Waals surface area contributed by atoms with Crippen LogP contribution in [0.2, 0.25) is 0 Å². The second kappa shape index (κ2) is 9.87. The van der Waals surface area contributed by atoms with Gasteiger partial charge in [0, 0.05) is 42.1 Å². The van der Waals surface area contributed by atoms with E-state index in [1.165, 1.54) is 0 Å². The number of amides is 3. The van der Waals surface area contributed by atoms with Crippen molar-refractivity contribution in [2.24, 2.45) is 0 Å². The fraction of sp³-hybridized carbons (Fsp3) is 0.241. The number of carbonyl (C=O) groups excluding carboxylic acids is 2. The molecule has 182 valence electrons. The largest absolute Gasteiger partial charge is 0.429 e. The van der Waals surface area contributed by atoms with Gasteiger partial charge in [-0.3, -0.25) is 15.0 Å². The maximum atomic E-state index is 14.0. The molecule has 1 N–H and O–H groups in total. The molecular weight excluding hydrogens is 450 g/mol. The van der Waals surface area contributed by atoms with Gasteiger partial charge in [0.2, 0.25) is 0 Å². The number of nitrogens with one attached hydrogen (secondary N) is 1. The first-order valence-corrected chi connectivity index (χ1v) is 12.3. The molecule has 1 fully saturated rings. The fourth-order valence-corrected chi connectivity index (χ4v) is 5.09. The van der Waals surface area contributed by atoms with Crippen molar-refractivity contribution >= 4 is 17.6 Å². The normalized spacial score (nSPS) is 19.2. The monoisotopic (exact) mass is 480 g/mol. The molecule has 1 saturated heterocycles. The third-order valence-electron chi connectivity index (χ3n) is 7.13. The summed E-state index contributed by atoms with van der Waals surface area (Å²) in [6.45, 7) is 4.94. The highest BCUT2D eigenvalue weighted by molar-refractivity contribution is 6.00. The first-order chi connectivity index (χ1) is 17.5. The Morgan fingerprint density at radius 3 is 2.56 bits per heavy atom. The minimum absolute atomic E-state index is 0.150. The number of nitrogens with zero attached hydrogens (tertiary/aromatic N) is 4. The number of benzene rings is 2. The molecule has 3 heterocycles. The van der Waals surface area contributed by atoms with Crippen molar-refractivity contribution in [1.29, 1.82) is 0 Å². The Kier molecular flexibility index (Phi) is 6.48. The summed E-state index contributed by atoms with van der Waals surface area (Å²) >= 11 is 0. The molecule has 2 aromatic heterocycles. The molecule has 36 heavy (non-hydrogen) atoms. The molecule has 0 bridgehead atoms. The van der Waals surface area contributed by atoms with E-state index in [1.807, 2.05) is 85.3 Å². The van der Waals surface area contributed by atoms with Crippen molar-refractivity contribution in [3.63, 3.8) is 0 Å². The summed E-state index contributed by atoms with van der Waals surface area (Å²) in [5.41, 5.74) is 4.73. The topological polar surface area (TPSA) is 76.9 Å². The zero-order valence-electron chi connectivity index (χ0n) is 20.6. The zero-order valence-corrected chi connectivity index (χ0v) is 20.6. The highest BCUT2D eigenvalue weighted by Crippen LogP contribution is 2.33. The number of quaternary nitrogens is 1. The van der Waals surface area contributed by atoms with Crippen LogP contribution in [0.5, 0.6) is 0 Å². The smallest absolute Gasteiger partial charge is 0.274 e. The second-order valence-corrected chi connectivity index (χ2v) is 9.42. The van der Waals surface area contributed by atoms with E-state index in [1.54, 1.807) is 18.5 Å². The number of anilines is 1. The van der Waals surface area contributed by atoms with Crippen LogP contribution in [-0.2, 0) is 6.54 Å². The molecule has 7 nitrogen and oxygen atoms in total.